The Hall–Kier alpha value is -4.20. The Bertz CT molecular complexity index is 1140. The summed E-state index contributed by atoms with van der Waals surface area (Å²) in [5.41, 5.74) is 0.714. The van der Waals surface area contributed by atoms with Crippen molar-refractivity contribution in [2.24, 2.45) is 4.99 Å². The summed E-state index contributed by atoms with van der Waals surface area (Å²) in [5, 5.41) is 20.9. The third kappa shape index (κ3) is 3.26. The number of nitro benzene ring substituents is 1. The smallest absolute Gasteiger partial charge is 0.363 e. The minimum atomic E-state index is -0.616. The molecule has 0 amide bonds. The Morgan fingerprint density at radius 3 is 2.61 bits per heavy atom. The van der Waals surface area contributed by atoms with Crippen LogP contribution in [0.15, 0.2) is 75.8 Å². The van der Waals surface area contributed by atoms with E-state index in [1.807, 2.05) is 6.07 Å². The zero-order valence-corrected chi connectivity index (χ0v) is 14.2. The number of carbonyl (C=O) groups excluding carboxylic acids is 1. The predicted molar refractivity (Wildman–Crippen MR) is 99.5 cm³/mol. The number of nitro groups is 1. The van der Waals surface area contributed by atoms with Gasteiger partial charge in [-0.3, -0.25) is 10.1 Å². The molecule has 138 valence electrons. The lowest BCUT2D eigenvalue weighted by Crippen LogP contribution is -2.04. The number of rotatable bonds is 4. The van der Waals surface area contributed by atoms with E-state index in [0.717, 1.165) is 0 Å². The van der Waals surface area contributed by atoms with Crippen LogP contribution in [-0.4, -0.2) is 21.9 Å². The lowest BCUT2D eigenvalue weighted by Gasteiger charge is -2.01. The molecule has 1 N–H and O–H groups in total. The molecule has 2 aromatic carbocycles. The Balaban J connectivity index is 1.65. The van der Waals surface area contributed by atoms with Gasteiger partial charge in [-0.25, -0.2) is 9.79 Å². The normalized spacial score (nSPS) is 14.8. The Kier molecular flexibility index (Phi) is 4.21. The van der Waals surface area contributed by atoms with Crippen molar-refractivity contribution in [3.8, 4) is 17.1 Å². The highest BCUT2D eigenvalue weighted by atomic mass is 16.6. The number of cyclic esters (lactones) is 1. The van der Waals surface area contributed by atoms with Gasteiger partial charge in [0.1, 0.15) is 17.3 Å². The zero-order chi connectivity index (χ0) is 19.7. The molecule has 3 aromatic rings. The van der Waals surface area contributed by atoms with Gasteiger partial charge in [-0.05, 0) is 30.3 Å². The van der Waals surface area contributed by atoms with Gasteiger partial charge < -0.3 is 14.3 Å². The minimum Gasteiger partial charge on any atom is -0.507 e. The summed E-state index contributed by atoms with van der Waals surface area (Å²) in [5.74, 6) is -0.0867. The van der Waals surface area contributed by atoms with Gasteiger partial charge in [-0.15, -0.1) is 0 Å². The van der Waals surface area contributed by atoms with E-state index in [1.165, 1.54) is 30.3 Å². The molecule has 4 rings (SSSR count). The van der Waals surface area contributed by atoms with Crippen LogP contribution in [0.25, 0.3) is 17.4 Å². The van der Waals surface area contributed by atoms with Crippen molar-refractivity contribution >= 4 is 23.6 Å². The number of phenolic OH excluding ortho intramolecular Hbond substituents is 1. The van der Waals surface area contributed by atoms with Crippen molar-refractivity contribution in [2.45, 2.75) is 0 Å². The van der Waals surface area contributed by atoms with E-state index in [9.17, 15) is 20.0 Å². The number of hydrogen-bond acceptors (Lipinski definition) is 7. The van der Waals surface area contributed by atoms with Crippen LogP contribution in [0.1, 0.15) is 11.3 Å². The SMILES string of the molecule is O=C1OC(c2ccccc2)=NC1=Cc1ccc(-c2cc([N+](=O)[O-])ccc2O)o1. The van der Waals surface area contributed by atoms with Crippen molar-refractivity contribution < 1.29 is 24.0 Å². The first-order valence-electron chi connectivity index (χ1n) is 8.17. The number of phenols is 1. The summed E-state index contributed by atoms with van der Waals surface area (Å²) in [6, 6.07) is 15.7. The van der Waals surface area contributed by atoms with E-state index in [2.05, 4.69) is 4.99 Å². The molecule has 1 aliphatic rings. The van der Waals surface area contributed by atoms with Gasteiger partial charge in [0.2, 0.25) is 5.90 Å². The van der Waals surface area contributed by atoms with Crippen LogP contribution in [0.2, 0.25) is 0 Å². The average molecular weight is 376 g/mol. The Labute approximate surface area is 158 Å². The molecule has 0 radical (unpaired) electrons. The van der Waals surface area contributed by atoms with Crippen molar-refractivity contribution in [3.63, 3.8) is 0 Å². The molecule has 8 heteroatoms. The number of furan rings is 1. The number of aromatic hydroxyl groups is 1. The fourth-order valence-corrected chi connectivity index (χ4v) is 2.66. The highest BCUT2D eigenvalue weighted by Gasteiger charge is 2.24. The molecule has 28 heavy (non-hydrogen) atoms. The van der Waals surface area contributed by atoms with E-state index >= 15 is 0 Å². The van der Waals surface area contributed by atoms with Gasteiger partial charge in [0.05, 0.1) is 10.5 Å². The molecule has 1 aromatic heterocycles. The van der Waals surface area contributed by atoms with Crippen LogP contribution < -0.4 is 0 Å². The molecule has 0 spiro atoms. The number of nitrogens with zero attached hydrogens (tertiary/aromatic N) is 2. The fourth-order valence-electron chi connectivity index (χ4n) is 2.66. The zero-order valence-electron chi connectivity index (χ0n) is 14.2. The number of esters is 1. The molecule has 1 aliphatic heterocycles. The van der Waals surface area contributed by atoms with Crippen molar-refractivity contribution in [1.29, 1.82) is 0 Å². The standard InChI is InChI=1S/C20H12N2O6/c23-17-8-6-13(22(25)26)10-15(17)18-9-7-14(27-18)11-16-20(24)28-19(21-16)12-4-2-1-3-5-12/h1-11,23H. The maximum Gasteiger partial charge on any atom is 0.363 e. The van der Waals surface area contributed by atoms with Crippen LogP contribution in [0, 0.1) is 10.1 Å². The number of hydrogen-bond donors (Lipinski definition) is 1. The first-order valence-corrected chi connectivity index (χ1v) is 8.17. The largest absolute Gasteiger partial charge is 0.507 e. The topological polar surface area (TPSA) is 115 Å². The molecule has 0 atom stereocenters. The lowest BCUT2D eigenvalue weighted by atomic mass is 10.1. The number of carbonyl (C=O) groups is 1. The average Bonchev–Trinajstić information content (AvgIpc) is 3.30. The summed E-state index contributed by atoms with van der Waals surface area (Å²) in [4.78, 5) is 26.6. The number of benzene rings is 2. The molecule has 0 unspecified atom stereocenters. The highest BCUT2D eigenvalue weighted by Crippen LogP contribution is 2.34. The first kappa shape index (κ1) is 17.2. The second kappa shape index (κ2) is 6.84. The Morgan fingerprint density at radius 2 is 1.86 bits per heavy atom. The Morgan fingerprint density at radius 1 is 1.07 bits per heavy atom. The summed E-state index contributed by atoms with van der Waals surface area (Å²) < 4.78 is 10.8. The molecule has 8 nitrogen and oxygen atoms in total. The van der Waals surface area contributed by atoms with Gasteiger partial charge in [-0.1, -0.05) is 18.2 Å². The number of non-ortho nitro benzene ring substituents is 1. The van der Waals surface area contributed by atoms with Crippen LogP contribution in [0.5, 0.6) is 5.75 Å². The van der Waals surface area contributed by atoms with E-state index < -0.39 is 10.9 Å². The summed E-state index contributed by atoms with van der Waals surface area (Å²) in [6.45, 7) is 0. The third-order valence-corrected chi connectivity index (χ3v) is 4.00. The monoisotopic (exact) mass is 376 g/mol. The maximum atomic E-state index is 12.1. The van der Waals surface area contributed by atoms with Gasteiger partial charge in [0.25, 0.3) is 5.69 Å². The van der Waals surface area contributed by atoms with Gasteiger partial charge >= 0.3 is 5.97 Å². The molecule has 0 aliphatic carbocycles. The fraction of sp³-hybridized carbons (Fsp3) is 0. The minimum absolute atomic E-state index is 0.0583. The second-order valence-corrected chi connectivity index (χ2v) is 5.86. The maximum absolute atomic E-state index is 12.1. The summed E-state index contributed by atoms with van der Waals surface area (Å²) in [6.07, 6.45) is 1.40. The second-order valence-electron chi connectivity index (χ2n) is 5.86. The van der Waals surface area contributed by atoms with Gasteiger partial charge in [0.15, 0.2) is 5.70 Å². The van der Waals surface area contributed by atoms with Crippen LogP contribution in [0.3, 0.4) is 0 Å². The first-order chi connectivity index (χ1) is 13.5. The number of ether oxygens (including phenoxy) is 1. The van der Waals surface area contributed by atoms with E-state index in [-0.39, 0.29) is 40.1 Å². The van der Waals surface area contributed by atoms with Crippen molar-refractivity contribution in [3.05, 3.63) is 87.8 Å². The summed E-state index contributed by atoms with van der Waals surface area (Å²) >= 11 is 0. The van der Waals surface area contributed by atoms with E-state index in [1.54, 1.807) is 30.3 Å². The molecule has 0 bridgehead atoms. The summed E-state index contributed by atoms with van der Waals surface area (Å²) in [7, 11) is 0. The van der Waals surface area contributed by atoms with Crippen molar-refractivity contribution in [1.82, 2.24) is 0 Å². The highest BCUT2D eigenvalue weighted by molar-refractivity contribution is 6.12. The molecular formula is C20H12N2O6. The van der Waals surface area contributed by atoms with Crippen LogP contribution in [0.4, 0.5) is 5.69 Å². The molecular weight excluding hydrogens is 364 g/mol. The predicted octanol–water partition coefficient (Wildman–Crippen LogP) is 3.90. The molecule has 0 saturated heterocycles. The quantitative estimate of drug-likeness (QED) is 0.319. The van der Waals surface area contributed by atoms with Crippen LogP contribution in [-0.2, 0) is 9.53 Å². The van der Waals surface area contributed by atoms with Gasteiger partial charge in [0, 0.05) is 23.8 Å². The number of aliphatic imine (C=N–C) groups is 1. The van der Waals surface area contributed by atoms with E-state index in [4.69, 9.17) is 9.15 Å². The molecule has 0 saturated carbocycles. The lowest BCUT2D eigenvalue weighted by molar-refractivity contribution is -0.384. The van der Waals surface area contributed by atoms with E-state index in [0.29, 0.717) is 5.56 Å². The molecule has 0 fully saturated rings. The van der Waals surface area contributed by atoms with Gasteiger partial charge in [-0.2, -0.15) is 0 Å². The van der Waals surface area contributed by atoms with Crippen LogP contribution >= 0.6 is 0 Å². The third-order valence-electron chi connectivity index (χ3n) is 4.00. The molecule has 2 heterocycles. The van der Waals surface area contributed by atoms with Crippen molar-refractivity contribution in [2.75, 3.05) is 0 Å².